The van der Waals surface area contributed by atoms with Crippen LogP contribution in [-0.4, -0.2) is 15.0 Å². The van der Waals surface area contributed by atoms with Gasteiger partial charge in [0.05, 0.1) is 23.6 Å². The van der Waals surface area contributed by atoms with Crippen LogP contribution in [0.4, 0.5) is 0 Å². The SMILES string of the molecule is NC(c1ccccc1)c1ncc(-c2ccccn2)[nH]1. The zero-order valence-electron chi connectivity index (χ0n) is 10.3. The van der Waals surface area contributed by atoms with Gasteiger partial charge in [-0.2, -0.15) is 0 Å². The summed E-state index contributed by atoms with van der Waals surface area (Å²) in [4.78, 5) is 11.9. The fourth-order valence-corrected chi connectivity index (χ4v) is 1.97. The predicted molar refractivity (Wildman–Crippen MR) is 74.3 cm³/mol. The number of nitrogens with one attached hydrogen (secondary N) is 1. The number of rotatable bonds is 3. The van der Waals surface area contributed by atoms with E-state index in [-0.39, 0.29) is 6.04 Å². The number of hydrogen-bond acceptors (Lipinski definition) is 3. The molecule has 2 heterocycles. The normalized spacial score (nSPS) is 12.3. The monoisotopic (exact) mass is 250 g/mol. The molecule has 0 spiro atoms. The zero-order chi connectivity index (χ0) is 13.1. The Morgan fingerprint density at radius 1 is 0.947 bits per heavy atom. The standard InChI is InChI=1S/C15H14N4/c16-14(11-6-2-1-3-7-11)15-18-10-13(19-15)12-8-4-5-9-17-12/h1-10,14H,16H2,(H,18,19). The molecule has 1 atom stereocenters. The van der Waals surface area contributed by atoms with E-state index in [4.69, 9.17) is 5.73 Å². The summed E-state index contributed by atoms with van der Waals surface area (Å²) in [5.41, 5.74) is 8.96. The number of pyridine rings is 1. The van der Waals surface area contributed by atoms with E-state index in [2.05, 4.69) is 15.0 Å². The Hall–Kier alpha value is -2.46. The minimum atomic E-state index is -0.251. The van der Waals surface area contributed by atoms with Crippen molar-refractivity contribution in [3.8, 4) is 11.4 Å². The average molecular weight is 250 g/mol. The molecule has 0 amide bonds. The summed E-state index contributed by atoms with van der Waals surface area (Å²) in [6.45, 7) is 0. The van der Waals surface area contributed by atoms with Crippen LogP contribution in [0.1, 0.15) is 17.4 Å². The van der Waals surface area contributed by atoms with Crippen LogP contribution < -0.4 is 5.73 Å². The molecule has 0 saturated carbocycles. The molecule has 1 unspecified atom stereocenters. The Morgan fingerprint density at radius 2 is 1.74 bits per heavy atom. The molecule has 0 aliphatic carbocycles. The van der Waals surface area contributed by atoms with Crippen molar-refractivity contribution >= 4 is 0 Å². The van der Waals surface area contributed by atoms with Crippen molar-refractivity contribution in [2.24, 2.45) is 5.73 Å². The molecule has 1 aromatic carbocycles. The van der Waals surface area contributed by atoms with E-state index in [1.165, 1.54) is 0 Å². The zero-order valence-corrected chi connectivity index (χ0v) is 10.3. The maximum absolute atomic E-state index is 6.19. The highest BCUT2D eigenvalue weighted by atomic mass is 15.0. The van der Waals surface area contributed by atoms with E-state index in [0.29, 0.717) is 0 Å². The van der Waals surface area contributed by atoms with Crippen LogP contribution in [0.2, 0.25) is 0 Å². The summed E-state index contributed by atoms with van der Waals surface area (Å²) in [7, 11) is 0. The number of nitrogens with zero attached hydrogens (tertiary/aromatic N) is 2. The van der Waals surface area contributed by atoms with E-state index in [1.54, 1.807) is 12.4 Å². The first-order valence-corrected chi connectivity index (χ1v) is 6.11. The third-order valence-corrected chi connectivity index (χ3v) is 2.99. The minimum Gasteiger partial charge on any atom is -0.339 e. The molecular weight excluding hydrogens is 236 g/mol. The van der Waals surface area contributed by atoms with E-state index >= 15 is 0 Å². The Bertz CT molecular complexity index is 646. The van der Waals surface area contributed by atoms with Gasteiger partial charge in [0.15, 0.2) is 0 Å². The molecule has 0 bridgehead atoms. The van der Waals surface area contributed by atoms with Crippen LogP contribution in [-0.2, 0) is 0 Å². The lowest BCUT2D eigenvalue weighted by molar-refractivity contribution is 0.801. The maximum atomic E-state index is 6.19. The van der Waals surface area contributed by atoms with Gasteiger partial charge < -0.3 is 10.7 Å². The predicted octanol–water partition coefficient (Wildman–Crippen LogP) is 2.52. The minimum absolute atomic E-state index is 0.251. The molecule has 3 N–H and O–H groups in total. The van der Waals surface area contributed by atoms with Crippen LogP contribution in [0.15, 0.2) is 60.9 Å². The maximum Gasteiger partial charge on any atom is 0.128 e. The van der Waals surface area contributed by atoms with Gasteiger partial charge >= 0.3 is 0 Å². The quantitative estimate of drug-likeness (QED) is 0.750. The summed E-state index contributed by atoms with van der Waals surface area (Å²) >= 11 is 0. The second-order valence-corrected chi connectivity index (χ2v) is 4.29. The third kappa shape index (κ3) is 2.39. The van der Waals surface area contributed by atoms with Crippen LogP contribution in [0.25, 0.3) is 11.4 Å². The second-order valence-electron chi connectivity index (χ2n) is 4.29. The fourth-order valence-electron chi connectivity index (χ4n) is 1.97. The van der Waals surface area contributed by atoms with Crippen molar-refractivity contribution in [3.05, 3.63) is 72.3 Å². The molecule has 3 rings (SSSR count). The van der Waals surface area contributed by atoms with Gasteiger partial charge in [0, 0.05) is 6.20 Å². The van der Waals surface area contributed by atoms with Gasteiger partial charge in [-0.15, -0.1) is 0 Å². The number of aromatic amines is 1. The number of H-pyrrole nitrogens is 1. The highest BCUT2D eigenvalue weighted by Crippen LogP contribution is 2.20. The van der Waals surface area contributed by atoms with Crippen molar-refractivity contribution < 1.29 is 0 Å². The Morgan fingerprint density at radius 3 is 2.47 bits per heavy atom. The van der Waals surface area contributed by atoms with Crippen LogP contribution in [0.3, 0.4) is 0 Å². The van der Waals surface area contributed by atoms with Gasteiger partial charge in [0.2, 0.25) is 0 Å². The number of imidazole rings is 1. The molecule has 0 aliphatic rings. The first kappa shape index (κ1) is 11.6. The van der Waals surface area contributed by atoms with E-state index in [0.717, 1.165) is 22.8 Å². The van der Waals surface area contributed by atoms with Crippen LogP contribution >= 0.6 is 0 Å². The van der Waals surface area contributed by atoms with E-state index in [9.17, 15) is 0 Å². The first-order valence-electron chi connectivity index (χ1n) is 6.11. The molecule has 0 radical (unpaired) electrons. The molecule has 3 aromatic rings. The lowest BCUT2D eigenvalue weighted by Crippen LogP contribution is -2.13. The van der Waals surface area contributed by atoms with Crippen molar-refractivity contribution in [1.82, 2.24) is 15.0 Å². The van der Waals surface area contributed by atoms with E-state index in [1.807, 2.05) is 48.5 Å². The Balaban J connectivity index is 1.90. The summed E-state index contributed by atoms with van der Waals surface area (Å²) < 4.78 is 0. The van der Waals surface area contributed by atoms with Crippen molar-refractivity contribution in [2.45, 2.75) is 6.04 Å². The van der Waals surface area contributed by atoms with Crippen molar-refractivity contribution in [1.29, 1.82) is 0 Å². The number of benzene rings is 1. The molecule has 0 saturated heterocycles. The lowest BCUT2D eigenvalue weighted by Gasteiger charge is -2.08. The molecule has 19 heavy (non-hydrogen) atoms. The van der Waals surface area contributed by atoms with Crippen molar-refractivity contribution in [2.75, 3.05) is 0 Å². The van der Waals surface area contributed by atoms with Crippen molar-refractivity contribution in [3.63, 3.8) is 0 Å². The molecular formula is C15H14N4. The first-order chi connectivity index (χ1) is 9.34. The summed E-state index contributed by atoms with van der Waals surface area (Å²) in [5.74, 6) is 0.742. The fraction of sp³-hybridized carbons (Fsp3) is 0.0667. The van der Waals surface area contributed by atoms with Crippen LogP contribution in [0, 0.1) is 0 Å². The largest absolute Gasteiger partial charge is 0.339 e. The molecule has 4 nitrogen and oxygen atoms in total. The Labute approximate surface area is 111 Å². The van der Waals surface area contributed by atoms with Gasteiger partial charge in [-0.1, -0.05) is 36.4 Å². The van der Waals surface area contributed by atoms with Gasteiger partial charge in [-0.05, 0) is 17.7 Å². The molecule has 2 aromatic heterocycles. The highest BCUT2D eigenvalue weighted by molar-refractivity contribution is 5.52. The highest BCUT2D eigenvalue weighted by Gasteiger charge is 2.13. The summed E-state index contributed by atoms with van der Waals surface area (Å²) in [5, 5.41) is 0. The van der Waals surface area contributed by atoms with Gasteiger partial charge in [-0.25, -0.2) is 4.98 Å². The average Bonchev–Trinajstić information content (AvgIpc) is 2.98. The smallest absolute Gasteiger partial charge is 0.128 e. The molecule has 0 fully saturated rings. The molecule has 94 valence electrons. The van der Waals surface area contributed by atoms with Gasteiger partial charge in [-0.3, -0.25) is 4.98 Å². The van der Waals surface area contributed by atoms with E-state index < -0.39 is 0 Å². The summed E-state index contributed by atoms with van der Waals surface area (Å²) in [6.07, 6.45) is 3.52. The van der Waals surface area contributed by atoms with Gasteiger partial charge in [0.1, 0.15) is 5.82 Å². The number of hydrogen-bond donors (Lipinski definition) is 2. The van der Waals surface area contributed by atoms with Crippen LogP contribution in [0.5, 0.6) is 0 Å². The lowest BCUT2D eigenvalue weighted by atomic mass is 10.1. The number of nitrogens with two attached hydrogens (primary N) is 1. The van der Waals surface area contributed by atoms with Gasteiger partial charge in [0.25, 0.3) is 0 Å². The second kappa shape index (κ2) is 5.04. The molecule has 4 heteroatoms. The number of aromatic nitrogens is 3. The summed E-state index contributed by atoms with van der Waals surface area (Å²) in [6, 6.07) is 15.4. The third-order valence-electron chi connectivity index (χ3n) is 2.99. The molecule has 0 aliphatic heterocycles. The topological polar surface area (TPSA) is 67.6 Å². The Kier molecular flexibility index (Phi) is 3.08.